The second kappa shape index (κ2) is 5.66. The van der Waals surface area contributed by atoms with Crippen molar-refractivity contribution in [2.24, 2.45) is 5.92 Å². The Hall–Kier alpha value is -1.01. The largest absolute Gasteiger partial charge is 0.459 e. The molecule has 0 atom stereocenters. The Bertz CT molecular complexity index is 244. The van der Waals surface area contributed by atoms with Gasteiger partial charge in [0.1, 0.15) is 0 Å². The van der Waals surface area contributed by atoms with Crippen molar-refractivity contribution in [1.29, 1.82) is 0 Å². The lowest BCUT2D eigenvalue weighted by Crippen LogP contribution is -2.29. The zero-order valence-corrected chi connectivity index (χ0v) is 8.88. The summed E-state index contributed by atoms with van der Waals surface area (Å²) < 4.78 is 4.44. The van der Waals surface area contributed by atoms with E-state index in [4.69, 9.17) is 0 Å². The van der Waals surface area contributed by atoms with Gasteiger partial charge >= 0.3 is 5.97 Å². The third-order valence-corrected chi connectivity index (χ3v) is 2.60. The predicted molar refractivity (Wildman–Crippen MR) is 54.6 cm³/mol. The van der Waals surface area contributed by atoms with E-state index in [1.54, 1.807) is 0 Å². The lowest BCUT2D eigenvalue weighted by atomic mass is 9.94. The van der Waals surface area contributed by atoms with Crippen molar-refractivity contribution in [3.63, 3.8) is 0 Å². The number of carbonyl (C=O) groups is 1. The van der Waals surface area contributed by atoms with E-state index >= 15 is 0 Å². The molecular weight excluding hydrogens is 178 g/mol. The first-order chi connectivity index (χ1) is 6.72. The number of hydrogen-bond donors (Lipinski definition) is 0. The van der Waals surface area contributed by atoms with Crippen LogP contribution in [0.5, 0.6) is 0 Å². The van der Waals surface area contributed by atoms with Gasteiger partial charge in [0, 0.05) is 12.3 Å². The first-order valence-electron chi connectivity index (χ1n) is 4.97. The number of ether oxygens (including phenoxy) is 1. The van der Waals surface area contributed by atoms with Crippen molar-refractivity contribution in [2.75, 3.05) is 27.2 Å². The van der Waals surface area contributed by atoms with Gasteiger partial charge in [0.15, 0.2) is 0 Å². The Morgan fingerprint density at radius 3 is 2.71 bits per heavy atom. The van der Waals surface area contributed by atoms with Gasteiger partial charge in [-0.15, -0.1) is 0 Å². The minimum Gasteiger partial charge on any atom is -0.459 e. The molecule has 0 spiro atoms. The fourth-order valence-corrected chi connectivity index (χ4v) is 1.58. The van der Waals surface area contributed by atoms with Crippen molar-refractivity contribution >= 4 is 5.97 Å². The molecule has 1 rings (SSSR count). The Morgan fingerprint density at radius 1 is 1.50 bits per heavy atom. The van der Waals surface area contributed by atoms with Crippen LogP contribution in [0.15, 0.2) is 0 Å². The lowest BCUT2D eigenvalue weighted by Gasteiger charge is -2.27. The van der Waals surface area contributed by atoms with E-state index in [0.717, 1.165) is 19.5 Å². The molecule has 0 aliphatic carbocycles. The SMILES string of the molecule is COC(=O)C#CCC1CCN(C)CC1. The molecule has 0 unspecified atom stereocenters. The van der Waals surface area contributed by atoms with Crippen molar-refractivity contribution in [2.45, 2.75) is 19.3 Å². The van der Waals surface area contributed by atoms with Crippen LogP contribution < -0.4 is 0 Å². The minimum absolute atomic E-state index is 0.432. The highest BCUT2D eigenvalue weighted by molar-refractivity contribution is 5.88. The quantitative estimate of drug-likeness (QED) is 0.353. The maximum Gasteiger partial charge on any atom is 0.384 e. The molecule has 0 bridgehead atoms. The van der Waals surface area contributed by atoms with Crippen LogP contribution in [0.2, 0.25) is 0 Å². The van der Waals surface area contributed by atoms with Crippen molar-refractivity contribution in [3.8, 4) is 11.8 Å². The predicted octanol–water partition coefficient (Wildman–Crippen LogP) is 0.895. The summed E-state index contributed by atoms with van der Waals surface area (Å²) in [5, 5.41) is 0. The zero-order chi connectivity index (χ0) is 10.4. The second-order valence-electron chi connectivity index (χ2n) is 3.74. The van der Waals surface area contributed by atoms with Gasteiger partial charge in [-0.25, -0.2) is 4.79 Å². The van der Waals surface area contributed by atoms with E-state index in [1.807, 2.05) is 0 Å². The van der Waals surface area contributed by atoms with Crippen LogP contribution in [0.25, 0.3) is 0 Å². The first kappa shape index (κ1) is 11.1. The van der Waals surface area contributed by atoms with E-state index in [2.05, 4.69) is 28.5 Å². The van der Waals surface area contributed by atoms with E-state index < -0.39 is 5.97 Å². The highest BCUT2D eigenvalue weighted by Crippen LogP contribution is 2.18. The number of methoxy groups -OCH3 is 1. The average molecular weight is 195 g/mol. The number of likely N-dealkylation sites (tertiary alicyclic amines) is 1. The molecule has 0 amide bonds. The van der Waals surface area contributed by atoms with Gasteiger partial charge < -0.3 is 9.64 Å². The summed E-state index contributed by atoms with van der Waals surface area (Å²) in [6.07, 6.45) is 3.20. The molecule has 0 saturated carbocycles. The van der Waals surface area contributed by atoms with Gasteiger partial charge in [-0.2, -0.15) is 0 Å². The molecule has 78 valence electrons. The zero-order valence-electron chi connectivity index (χ0n) is 8.88. The number of esters is 1. The summed E-state index contributed by atoms with van der Waals surface area (Å²) in [7, 11) is 3.49. The summed E-state index contributed by atoms with van der Waals surface area (Å²) >= 11 is 0. The molecule has 0 aromatic carbocycles. The van der Waals surface area contributed by atoms with Crippen molar-refractivity contribution in [1.82, 2.24) is 4.90 Å². The van der Waals surface area contributed by atoms with E-state index in [-0.39, 0.29) is 0 Å². The normalized spacial score (nSPS) is 18.4. The summed E-state index contributed by atoms with van der Waals surface area (Å²) in [6, 6.07) is 0. The van der Waals surface area contributed by atoms with Crippen LogP contribution in [0.1, 0.15) is 19.3 Å². The lowest BCUT2D eigenvalue weighted by molar-refractivity contribution is -0.133. The standard InChI is InChI=1S/C11H17NO2/c1-12-8-6-10(7-9-12)4-3-5-11(13)14-2/h10H,4,6-9H2,1-2H3. The van der Waals surface area contributed by atoms with Crippen molar-refractivity contribution in [3.05, 3.63) is 0 Å². The Kier molecular flexibility index (Phi) is 4.48. The number of carbonyl (C=O) groups excluding carboxylic acids is 1. The topological polar surface area (TPSA) is 29.5 Å². The van der Waals surface area contributed by atoms with Crippen LogP contribution in [0, 0.1) is 17.8 Å². The van der Waals surface area contributed by atoms with Gasteiger partial charge in [0.25, 0.3) is 0 Å². The Morgan fingerprint density at radius 2 is 2.14 bits per heavy atom. The van der Waals surface area contributed by atoms with E-state index in [1.165, 1.54) is 20.0 Å². The molecule has 0 aromatic rings. The molecule has 1 fully saturated rings. The second-order valence-corrected chi connectivity index (χ2v) is 3.74. The summed E-state index contributed by atoms with van der Waals surface area (Å²) in [5.74, 6) is 5.57. The molecule has 1 aliphatic heterocycles. The third-order valence-electron chi connectivity index (χ3n) is 2.60. The summed E-state index contributed by atoms with van der Waals surface area (Å²) in [5.41, 5.74) is 0. The average Bonchev–Trinajstić information content (AvgIpc) is 2.21. The number of rotatable bonds is 1. The molecule has 0 radical (unpaired) electrons. The molecule has 1 aliphatic rings. The number of piperidine rings is 1. The first-order valence-corrected chi connectivity index (χ1v) is 4.97. The fourth-order valence-electron chi connectivity index (χ4n) is 1.58. The van der Waals surface area contributed by atoms with Gasteiger partial charge in [0.2, 0.25) is 0 Å². The van der Waals surface area contributed by atoms with Gasteiger partial charge in [0.05, 0.1) is 7.11 Å². The van der Waals surface area contributed by atoms with Crippen LogP contribution >= 0.6 is 0 Å². The number of hydrogen-bond acceptors (Lipinski definition) is 3. The maximum absolute atomic E-state index is 10.7. The minimum atomic E-state index is -0.432. The van der Waals surface area contributed by atoms with Gasteiger partial charge in [-0.05, 0) is 38.9 Å². The smallest absolute Gasteiger partial charge is 0.384 e. The molecule has 0 aromatic heterocycles. The van der Waals surface area contributed by atoms with Crippen LogP contribution in [0.3, 0.4) is 0 Å². The molecule has 0 N–H and O–H groups in total. The van der Waals surface area contributed by atoms with Gasteiger partial charge in [-0.1, -0.05) is 5.92 Å². The van der Waals surface area contributed by atoms with Gasteiger partial charge in [-0.3, -0.25) is 0 Å². The molecule has 3 heteroatoms. The highest BCUT2D eigenvalue weighted by atomic mass is 16.5. The third kappa shape index (κ3) is 3.80. The monoisotopic (exact) mass is 195 g/mol. The van der Waals surface area contributed by atoms with E-state index in [0.29, 0.717) is 5.92 Å². The Balaban J connectivity index is 2.24. The van der Waals surface area contributed by atoms with Crippen LogP contribution in [0.4, 0.5) is 0 Å². The Labute approximate surface area is 85.4 Å². The molecular formula is C11H17NO2. The fraction of sp³-hybridized carbons (Fsp3) is 0.727. The number of nitrogens with zero attached hydrogens (tertiary/aromatic N) is 1. The highest BCUT2D eigenvalue weighted by Gasteiger charge is 2.15. The van der Waals surface area contributed by atoms with Crippen LogP contribution in [-0.2, 0) is 9.53 Å². The molecule has 14 heavy (non-hydrogen) atoms. The summed E-state index contributed by atoms with van der Waals surface area (Å²) in [4.78, 5) is 13.0. The maximum atomic E-state index is 10.7. The van der Waals surface area contributed by atoms with Crippen LogP contribution in [-0.4, -0.2) is 38.1 Å². The molecule has 3 nitrogen and oxygen atoms in total. The molecule has 1 saturated heterocycles. The molecule has 1 heterocycles. The summed E-state index contributed by atoms with van der Waals surface area (Å²) in [6.45, 7) is 2.29. The van der Waals surface area contributed by atoms with Crippen molar-refractivity contribution < 1.29 is 9.53 Å². The van der Waals surface area contributed by atoms with E-state index in [9.17, 15) is 4.79 Å².